The van der Waals surface area contributed by atoms with Crippen LogP contribution in [-0.4, -0.2) is 20.6 Å². The predicted molar refractivity (Wildman–Crippen MR) is 83.8 cm³/mol. The summed E-state index contributed by atoms with van der Waals surface area (Å²) < 4.78 is 64.6. The Hall–Kier alpha value is -1.90. The predicted octanol–water partition coefficient (Wildman–Crippen LogP) is 3.08. The van der Waals surface area contributed by atoms with Crippen LogP contribution in [-0.2, 0) is 22.8 Å². The topological polar surface area (TPSA) is 66.4 Å². The highest BCUT2D eigenvalue weighted by atomic mass is 32.2. The largest absolute Gasteiger partial charge is 0.416 e. The van der Waals surface area contributed by atoms with Crippen LogP contribution in [0.5, 0.6) is 0 Å². The van der Waals surface area contributed by atoms with Gasteiger partial charge in [0.1, 0.15) is 0 Å². The maximum Gasteiger partial charge on any atom is 0.416 e. The van der Waals surface area contributed by atoms with Crippen LogP contribution < -0.4 is 4.72 Å². The van der Waals surface area contributed by atoms with E-state index in [1.807, 2.05) is 0 Å². The average molecular weight is 359 g/mol. The van der Waals surface area contributed by atoms with E-state index < -0.39 is 28.4 Å². The number of aliphatic hydroxyl groups is 1. The van der Waals surface area contributed by atoms with Crippen molar-refractivity contribution in [2.24, 2.45) is 0 Å². The third-order valence-corrected chi connectivity index (χ3v) is 5.22. The molecule has 0 aliphatic carbocycles. The van der Waals surface area contributed by atoms with Crippen LogP contribution in [0.3, 0.4) is 0 Å². The second-order valence-corrected chi connectivity index (χ2v) is 7.07. The molecule has 130 valence electrons. The van der Waals surface area contributed by atoms with Crippen LogP contribution in [0.4, 0.5) is 13.2 Å². The van der Waals surface area contributed by atoms with Crippen LogP contribution in [0.1, 0.15) is 16.7 Å². The van der Waals surface area contributed by atoms with E-state index in [0.29, 0.717) is 16.7 Å². The molecule has 0 heterocycles. The Kier molecular flexibility index (Phi) is 5.03. The molecule has 0 aromatic heterocycles. The van der Waals surface area contributed by atoms with Crippen molar-refractivity contribution in [2.45, 2.75) is 24.6 Å². The molecule has 2 aromatic carbocycles. The third kappa shape index (κ3) is 3.61. The number of nitrogens with one attached hydrogen (secondary N) is 1. The fourth-order valence-electron chi connectivity index (χ4n) is 2.35. The summed E-state index contributed by atoms with van der Waals surface area (Å²) in [5.74, 6) is 0. The van der Waals surface area contributed by atoms with E-state index in [-0.39, 0.29) is 10.5 Å². The summed E-state index contributed by atoms with van der Waals surface area (Å²) in [7, 11) is -2.43. The van der Waals surface area contributed by atoms with Crippen molar-refractivity contribution < 1.29 is 26.7 Å². The second kappa shape index (κ2) is 6.54. The molecule has 0 atom stereocenters. The minimum Gasteiger partial charge on any atom is -0.392 e. The average Bonchev–Trinajstić information content (AvgIpc) is 2.53. The number of sulfonamides is 1. The second-order valence-electron chi connectivity index (χ2n) is 5.22. The first kappa shape index (κ1) is 18.4. The molecule has 0 unspecified atom stereocenters. The lowest BCUT2D eigenvalue weighted by Gasteiger charge is -2.14. The molecule has 2 N–H and O–H groups in total. The van der Waals surface area contributed by atoms with Gasteiger partial charge in [-0.05, 0) is 54.4 Å². The Labute approximate surface area is 138 Å². The van der Waals surface area contributed by atoms with Crippen molar-refractivity contribution >= 4 is 10.0 Å². The number of benzene rings is 2. The van der Waals surface area contributed by atoms with E-state index in [0.717, 1.165) is 12.1 Å². The van der Waals surface area contributed by atoms with Gasteiger partial charge in [0.15, 0.2) is 0 Å². The number of aliphatic hydroxyl groups excluding tert-OH is 1. The Balaban J connectivity index is 2.63. The Morgan fingerprint density at radius 1 is 1.12 bits per heavy atom. The first-order valence-corrected chi connectivity index (χ1v) is 8.44. The van der Waals surface area contributed by atoms with Crippen molar-refractivity contribution in [3.63, 3.8) is 0 Å². The van der Waals surface area contributed by atoms with Gasteiger partial charge in [0, 0.05) is 0 Å². The summed E-state index contributed by atoms with van der Waals surface area (Å²) in [6, 6.07) is 7.55. The molecule has 0 bridgehead atoms. The van der Waals surface area contributed by atoms with Gasteiger partial charge in [-0.3, -0.25) is 0 Å². The number of rotatable bonds is 4. The van der Waals surface area contributed by atoms with Gasteiger partial charge < -0.3 is 5.11 Å². The molecule has 2 aromatic rings. The van der Waals surface area contributed by atoms with Gasteiger partial charge >= 0.3 is 6.18 Å². The Bertz CT molecular complexity index is 861. The number of halogens is 3. The van der Waals surface area contributed by atoms with Crippen LogP contribution in [0.15, 0.2) is 41.3 Å². The van der Waals surface area contributed by atoms with E-state index in [1.54, 1.807) is 19.1 Å². The standard InChI is InChI=1S/C16H16F3NO3S/c1-10-3-4-11(8-15(10)24(22,23)20-2)14-6-5-13(16(17,18)19)7-12(14)9-21/h3-8,20-21H,9H2,1-2H3. The molecule has 4 nitrogen and oxygen atoms in total. The van der Waals surface area contributed by atoms with Gasteiger partial charge in [-0.1, -0.05) is 18.2 Å². The highest BCUT2D eigenvalue weighted by Crippen LogP contribution is 2.34. The lowest BCUT2D eigenvalue weighted by atomic mass is 9.97. The Morgan fingerprint density at radius 2 is 1.79 bits per heavy atom. The van der Waals surface area contributed by atoms with Crippen molar-refractivity contribution in [1.29, 1.82) is 0 Å². The fraction of sp³-hybridized carbons (Fsp3) is 0.250. The molecule has 0 fully saturated rings. The molecule has 8 heteroatoms. The van der Waals surface area contributed by atoms with E-state index in [9.17, 15) is 26.7 Å². The zero-order chi connectivity index (χ0) is 18.1. The number of aryl methyl sites for hydroxylation is 1. The van der Waals surface area contributed by atoms with Crippen molar-refractivity contribution in [3.05, 3.63) is 53.1 Å². The van der Waals surface area contributed by atoms with E-state index in [2.05, 4.69) is 4.72 Å². The smallest absolute Gasteiger partial charge is 0.392 e. The molecule has 0 aliphatic heterocycles. The number of alkyl halides is 3. The van der Waals surface area contributed by atoms with Crippen LogP contribution in [0, 0.1) is 6.92 Å². The monoisotopic (exact) mass is 359 g/mol. The summed E-state index contributed by atoms with van der Waals surface area (Å²) in [5, 5.41) is 9.40. The molecular formula is C16H16F3NO3S. The van der Waals surface area contributed by atoms with Gasteiger partial charge in [0.2, 0.25) is 10.0 Å². The lowest BCUT2D eigenvalue weighted by molar-refractivity contribution is -0.137. The van der Waals surface area contributed by atoms with Crippen molar-refractivity contribution in [2.75, 3.05) is 7.05 Å². The first-order chi connectivity index (χ1) is 11.1. The van der Waals surface area contributed by atoms with Gasteiger partial charge in [-0.2, -0.15) is 13.2 Å². The molecule has 0 radical (unpaired) electrons. The molecule has 2 rings (SSSR count). The molecule has 24 heavy (non-hydrogen) atoms. The van der Waals surface area contributed by atoms with Gasteiger partial charge in [-0.25, -0.2) is 13.1 Å². The van der Waals surface area contributed by atoms with E-state index in [1.165, 1.54) is 19.2 Å². The zero-order valence-corrected chi connectivity index (χ0v) is 13.8. The summed E-state index contributed by atoms with van der Waals surface area (Å²) in [6.45, 7) is 1.02. The summed E-state index contributed by atoms with van der Waals surface area (Å²) in [4.78, 5) is 0.0336. The molecular weight excluding hydrogens is 343 g/mol. The van der Waals surface area contributed by atoms with Crippen LogP contribution >= 0.6 is 0 Å². The van der Waals surface area contributed by atoms with Crippen LogP contribution in [0.25, 0.3) is 11.1 Å². The summed E-state index contributed by atoms with van der Waals surface area (Å²) in [5.41, 5.74) is 0.461. The third-order valence-electron chi connectivity index (χ3n) is 3.66. The quantitative estimate of drug-likeness (QED) is 0.882. The lowest BCUT2D eigenvalue weighted by Crippen LogP contribution is -2.19. The van der Waals surface area contributed by atoms with Crippen LogP contribution in [0.2, 0.25) is 0 Å². The zero-order valence-electron chi connectivity index (χ0n) is 13.0. The maximum absolute atomic E-state index is 12.8. The van der Waals surface area contributed by atoms with Gasteiger partial charge in [-0.15, -0.1) is 0 Å². The number of hydrogen-bond donors (Lipinski definition) is 2. The minimum absolute atomic E-state index is 0.0336. The highest BCUT2D eigenvalue weighted by Gasteiger charge is 2.31. The molecule has 0 amide bonds. The molecule has 0 saturated carbocycles. The number of hydrogen-bond acceptors (Lipinski definition) is 3. The Morgan fingerprint density at radius 3 is 2.33 bits per heavy atom. The van der Waals surface area contributed by atoms with E-state index >= 15 is 0 Å². The summed E-state index contributed by atoms with van der Waals surface area (Å²) in [6.07, 6.45) is -4.52. The highest BCUT2D eigenvalue weighted by molar-refractivity contribution is 7.89. The molecule has 0 spiro atoms. The van der Waals surface area contributed by atoms with Crippen molar-refractivity contribution in [1.82, 2.24) is 4.72 Å². The SMILES string of the molecule is CNS(=O)(=O)c1cc(-c2ccc(C(F)(F)F)cc2CO)ccc1C. The first-order valence-electron chi connectivity index (χ1n) is 6.95. The van der Waals surface area contributed by atoms with Crippen molar-refractivity contribution in [3.8, 4) is 11.1 Å². The minimum atomic E-state index is -4.52. The maximum atomic E-state index is 12.8. The van der Waals surface area contributed by atoms with Gasteiger partial charge in [0.25, 0.3) is 0 Å². The normalized spacial score (nSPS) is 12.4. The van der Waals surface area contributed by atoms with Gasteiger partial charge in [0.05, 0.1) is 17.1 Å². The molecule has 0 saturated heterocycles. The fourth-order valence-corrected chi connectivity index (χ4v) is 3.34. The molecule has 0 aliphatic rings. The summed E-state index contributed by atoms with van der Waals surface area (Å²) >= 11 is 0. The van der Waals surface area contributed by atoms with E-state index in [4.69, 9.17) is 0 Å².